The fraction of sp³-hybridized carbons (Fsp3) is 0.222. The smallest absolute Gasteiger partial charge is 0.121 e. The molecule has 2 atom stereocenters. The number of hydrogen-bond donors (Lipinski definition) is 1. The van der Waals surface area contributed by atoms with Crippen LogP contribution in [0.4, 0.5) is 0 Å². The molecular weight excluding hydrogens is 366 g/mol. The molecule has 3 nitrogen and oxygen atoms in total. The molecule has 1 aromatic heterocycles. The van der Waals surface area contributed by atoms with Crippen LogP contribution in [0.3, 0.4) is 0 Å². The van der Waals surface area contributed by atoms with Gasteiger partial charge in [-0.3, -0.25) is 0 Å². The average Bonchev–Trinajstić information content (AvgIpc) is 3.41. The summed E-state index contributed by atoms with van der Waals surface area (Å²) < 4.78 is 2.31. The van der Waals surface area contributed by atoms with Crippen molar-refractivity contribution in [2.45, 2.75) is 24.3 Å². The van der Waals surface area contributed by atoms with E-state index in [1.54, 1.807) is 0 Å². The number of aromatic nitrogens is 2. The largest absolute Gasteiger partial charge is 0.330 e. The van der Waals surface area contributed by atoms with Gasteiger partial charge < -0.3 is 10.3 Å². The highest BCUT2D eigenvalue weighted by atomic mass is 15.1. The van der Waals surface area contributed by atoms with E-state index < -0.39 is 5.54 Å². The second-order valence-electron chi connectivity index (χ2n) is 8.19. The SMILES string of the molecule is NCC[C@H]1C[C@H]1c1cn(C(c2ccccc2)(c2ccccc2)c2ccccc2)cn1. The molecule has 0 amide bonds. The van der Waals surface area contributed by atoms with Gasteiger partial charge in [-0.25, -0.2) is 4.98 Å². The third-order valence-corrected chi connectivity index (χ3v) is 6.40. The second-order valence-corrected chi connectivity index (χ2v) is 8.19. The highest BCUT2D eigenvalue weighted by Gasteiger charge is 2.42. The van der Waals surface area contributed by atoms with Crippen molar-refractivity contribution in [1.29, 1.82) is 0 Å². The van der Waals surface area contributed by atoms with E-state index in [9.17, 15) is 0 Å². The molecule has 150 valence electrons. The maximum absolute atomic E-state index is 5.79. The summed E-state index contributed by atoms with van der Waals surface area (Å²) in [5.74, 6) is 1.22. The van der Waals surface area contributed by atoms with Crippen LogP contribution in [-0.4, -0.2) is 16.1 Å². The van der Waals surface area contributed by atoms with Crippen molar-refractivity contribution in [3.63, 3.8) is 0 Å². The summed E-state index contributed by atoms with van der Waals surface area (Å²) in [6.45, 7) is 0.754. The van der Waals surface area contributed by atoms with Crippen LogP contribution in [0.1, 0.15) is 41.1 Å². The lowest BCUT2D eigenvalue weighted by Gasteiger charge is -2.37. The maximum Gasteiger partial charge on any atom is 0.121 e. The third kappa shape index (κ3) is 3.16. The van der Waals surface area contributed by atoms with Crippen molar-refractivity contribution in [2.24, 2.45) is 11.7 Å². The summed E-state index contributed by atoms with van der Waals surface area (Å²) in [6.07, 6.45) is 6.55. The molecule has 0 bridgehead atoms. The van der Waals surface area contributed by atoms with Crippen molar-refractivity contribution < 1.29 is 0 Å². The molecule has 0 saturated heterocycles. The first-order valence-corrected chi connectivity index (χ1v) is 10.7. The van der Waals surface area contributed by atoms with E-state index in [-0.39, 0.29) is 0 Å². The van der Waals surface area contributed by atoms with Gasteiger partial charge in [0.2, 0.25) is 0 Å². The average molecular weight is 394 g/mol. The summed E-state index contributed by atoms with van der Waals surface area (Å²) in [4.78, 5) is 4.88. The highest BCUT2D eigenvalue weighted by Crippen LogP contribution is 2.49. The Bertz CT molecular complexity index is 990. The first kappa shape index (κ1) is 18.8. The van der Waals surface area contributed by atoms with Crippen LogP contribution in [0.5, 0.6) is 0 Å². The minimum absolute atomic E-state index is 0.479. The van der Waals surface area contributed by atoms with Crippen LogP contribution < -0.4 is 5.73 Å². The Hall–Kier alpha value is -3.17. The van der Waals surface area contributed by atoms with Crippen molar-refractivity contribution in [3.8, 4) is 0 Å². The van der Waals surface area contributed by atoms with E-state index in [2.05, 4.69) is 102 Å². The summed E-state index contributed by atoms with van der Waals surface area (Å²) >= 11 is 0. The molecule has 1 saturated carbocycles. The van der Waals surface area contributed by atoms with E-state index in [0.29, 0.717) is 11.8 Å². The topological polar surface area (TPSA) is 43.8 Å². The van der Waals surface area contributed by atoms with Crippen LogP contribution in [0.15, 0.2) is 104 Å². The number of rotatable bonds is 7. The number of hydrogen-bond acceptors (Lipinski definition) is 2. The monoisotopic (exact) mass is 393 g/mol. The lowest BCUT2D eigenvalue weighted by molar-refractivity contribution is 0.514. The third-order valence-electron chi connectivity index (χ3n) is 6.40. The molecule has 2 N–H and O–H groups in total. The van der Waals surface area contributed by atoms with Crippen LogP contribution in [0.2, 0.25) is 0 Å². The van der Waals surface area contributed by atoms with Crippen LogP contribution in [0.25, 0.3) is 0 Å². The van der Waals surface area contributed by atoms with Gasteiger partial charge in [0.15, 0.2) is 0 Å². The predicted octanol–water partition coefficient (Wildman–Crippen LogP) is 5.18. The number of nitrogens with two attached hydrogens (primary N) is 1. The molecule has 1 aliphatic rings. The molecule has 1 heterocycles. The van der Waals surface area contributed by atoms with Gasteiger partial charge in [0, 0.05) is 12.1 Å². The van der Waals surface area contributed by atoms with Gasteiger partial charge in [-0.15, -0.1) is 0 Å². The first-order chi connectivity index (χ1) is 14.8. The summed E-state index contributed by atoms with van der Waals surface area (Å²) in [7, 11) is 0. The Labute approximate surface area is 178 Å². The lowest BCUT2D eigenvalue weighted by atomic mass is 9.77. The van der Waals surface area contributed by atoms with Crippen LogP contribution in [0, 0.1) is 5.92 Å². The normalized spacial score (nSPS) is 18.3. The standard InChI is InChI=1S/C27H27N3/c28-17-16-21-18-25(21)26-19-30(20-29-26)27(22-10-4-1-5-11-22,23-12-6-2-7-13-23)24-14-8-3-9-15-24/h1-15,19-21,25H,16-18,28H2/t21-,25+/m0/s1. The van der Waals surface area contributed by atoms with Crippen LogP contribution >= 0.6 is 0 Å². The summed E-state index contributed by atoms with van der Waals surface area (Å²) in [5, 5.41) is 0. The van der Waals surface area contributed by atoms with Gasteiger partial charge in [-0.2, -0.15) is 0 Å². The molecule has 1 fully saturated rings. The Morgan fingerprint density at radius 3 is 1.77 bits per heavy atom. The number of benzene rings is 3. The van der Waals surface area contributed by atoms with E-state index >= 15 is 0 Å². The zero-order valence-electron chi connectivity index (χ0n) is 17.1. The van der Waals surface area contributed by atoms with Crippen molar-refractivity contribution in [1.82, 2.24) is 9.55 Å². The summed E-state index contributed by atoms with van der Waals surface area (Å²) in [5.41, 5.74) is 10.2. The Morgan fingerprint density at radius 2 is 1.30 bits per heavy atom. The van der Waals surface area contributed by atoms with E-state index in [1.807, 2.05) is 6.33 Å². The molecule has 0 spiro atoms. The molecule has 0 unspecified atom stereocenters. The van der Waals surface area contributed by atoms with Gasteiger partial charge in [-0.05, 0) is 42.0 Å². The lowest BCUT2D eigenvalue weighted by Crippen LogP contribution is -2.36. The molecule has 0 radical (unpaired) electrons. The Kier molecular flexibility index (Phi) is 4.97. The molecule has 4 aromatic rings. The summed E-state index contributed by atoms with van der Waals surface area (Å²) in [6, 6.07) is 32.2. The zero-order chi connectivity index (χ0) is 20.4. The minimum Gasteiger partial charge on any atom is -0.330 e. The van der Waals surface area contributed by atoms with Gasteiger partial charge in [-0.1, -0.05) is 91.0 Å². The number of nitrogens with zero attached hydrogens (tertiary/aromatic N) is 2. The fourth-order valence-corrected chi connectivity index (χ4v) is 4.84. The van der Waals surface area contributed by atoms with E-state index in [0.717, 1.165) is 13.0 Å². The quantitative estimate of drug-likeness (QED) is 0.440. The molecule has 3 aromatic carbocycles. The van der Waals surface area contributed by atoms with Gasteiger partial charge in [0.1, 0.15) is 5.54 Å². The van der Waals surface area contributed by atoms with Gasteiger partial charge in [0.25, 0.3) is 0 Å². The predicted molar refractivity (Wildman–Crippen MR) is 121 cm³/mol. The fourth-order valence-electron chi connectivity index (χ4n) is 4.84. The Morgan fingerprint density at radius 1 is 0.800 bits per heavy atom. The molecule has 3 heteroatoms. The molecule has 5 rings (SSSR count). The molecule has 1 aliphatic carbocycles. The second kappa shape index (κ2) is 7.92. The van der Waals surface area contributed by atoms with E-state index in [1.165, 1.54) is 28.8 Å². The zero-order valence-corrected chi connectivity index (χ0v) is 17.1. The van der Waals surface area contributed by atoms with E-state index in [4.69, 9.17) is 10.7 Å². The molecule has 30 heavy (non-hydrogen) atoms. The highest BCUT2D eigenvalue weighted by molar-refractivity contribution is 5.50. The van der Waals surface area contributed by atoms with Crippen molar-refractivity contribution in [2.75, 3.05) is 6.54 Å². The van der Waals surface area contributed by atoms with Crippen molar-refractivity contribution >= 4 is 0 Å². The molecular formula is C27H27N3. The Balaban J connectivity index is 1.72. The molecule has 0 aliphatic heterocycles. The first-order valence-electron chi connectivity index (χ1n) is 10.7. The van der Waals surface area contributed by atoms with Gasteiger partial charge in [0.05, 0.1) is 12.0 Å². The minimum atomic E-state index is -0.479. The van der Waals surface area contributed by atoms with Crippen molar-refractivity contribution in [3.05, 3.63) is 126 Å². The maximum atomic E-state index is 5.79. The number of imidazole rings is 1. The van der Waals surface area contributed by atoms with Crippen LogP contribution in [-0.2, 0) is 5.54 Å². The van der Waals surface area contributed by atoms with Gasteiger partial charge >= 0.3 is 0 Å².